The van der Waals surface area contributed by atoms with E-state index in [1.165, 1.54) is 0 Å². The van der Waals surface area contributed by atoms with Gasteiger partial charge in [-0.3, -0.25) is 4.31 Å². The molecule has 1 rings (SSSR count). The zero-order valence-electron chi connectivity index (χ0n) is 7.04. The molecule has 0 unspecified atom stereocenters. The molecule has 66 valence electrons. The Balaban J connectivity index is 2.82. The molecule has 0 amide bonds. The number of halogens is 1. The lowest BCUT2D eigenvalue weighted by molar-refractivity contribution is 0.703. The molecule has 0 bridgehead atoms. The summed E-state index contributed by atoms with van der Waals surface area (Å²) in [5.41, 5.74) is 6.26. The van der Waals surface area contributed by atoms with Gasteiger partial charge in [-0.2, -0.15) is 0 Å². The molecular weight excluding hydrogens is 192 g/mol. The van der Waals surface area contributed by atoms with Crippen molar-refractivity contribution < 1.29 is 0 Å². The molecule has 0 saturated carbocycles. The fraction of sp³-hybridized carbons (Fsp3) is 0.250. The molecule has 2 nitrogen and oxygen atoms in total. The molecule has 0 spiro atoms. The molecule has 2 N–H and O–H groups in total. The van der Waals surface area contributed by atoms with Gasteiger partial charge in [-0.15, -0.1) is 0 Å². The number of hydrogen-bond donors (Lipinski definition) is 1. The average molecular weight is 203 g/mol. The molecule has 1 aromatic carbocycles. The SMILES string of the molecule is CN(C)Sc1ccc(Cl)c(N)c1. The zero-order chi connectivity index (χ0) is 9.14. The van der Waals surface area contributed by atoms with Crippen LogP contribution in [-0.4, -0.2) is 18.4 Å². The third kappa shape index (κ3) is 2.59. The fourth-order valence-corrected chi connectivity index (χ4v) is 1.64. The molecular formula is C8H11ClN2S. The highest BCUT2D eigenvalue weighted by molar-refractivity contribution is 7.97. The molecule has 4 heteroatoms. The number of rotatable bonds is 2. The van der Waals surface area contributed by atoms with Gasteiger partial charge in [0.15, 0.2) is 0 Å². The first-order valence-corrected chi connectivity index (χ1v) is 4.65. The van der Waals surface area contributed by atoms with E-state index in [4.69, 9.17) is 17.3 Å². The average Bonchev–Trinajstić information content (AvgIpc) is 1.96. The summed E-state index contributed by atoms with van der Waals surface area (Å²) in [7, 11) is 3.96. The second kappa shape index (κ2) is 4.03. The predicted octanol–water partition coefficient (Wildman–Crippen LogP) is 2.49. The second-order valence-electron chi connectivity index (χ2n) is 2.59. The van der Waals surface area contributed by atoms with Crippen LogP contribution in [0, 0.1) is 0 Å². The molecule has 0 fully saturated rings. The molecule has 12 heavy (non-hydrogen) atoms. The minimum Gasteiger partial charge on any atom is -0.397 e. The Morgan fingerprint density at radius 1 is 1.42 bits per heavy atom. The molecule has 0 aromatic heterocycles. The number of nitrogens with two attached hydrogens (primary N) is 1. The van der Waals surface area contributed by atoms with E-state index in [9.17, 15) is 0 Å². The van der Waals surface area contributed by atoms with Gasteiger partial charge in [0.2, 0.25) is 0 Å². The van der Waals surface area contributed by atoms with Gasteiger partial charge in [0.1, 0.15) is 0 Å². The standard InChI is InChI=1S/C8H11ClN2S/c1-11(2)12-6-3-4-7(9)8(10)5-6/h3-5H,10H2,1-2H3. The topological polar surface area (TPSA) is 29.3 Å². The maximum atomic E-state index is 5.77. The van der Waals surface area contributed by atoms with E-state index < -0.39 is 0 Å². The summed E-state index contributed by atoms with van der Waals surface area (Å²) in [6, 6.07) is 5.62. The Morgan fingerprint density at radius 2 is 2.08 bits per heavy atom. The molecule has 0 saturated heterocycles. The minimum atomic E-state index is 0.609. The van der Waals surface area contributed by atoms with Crippen LogP contribution >= 0.6 is 23.5 Å². The molecule has 0 atom stereocenters. The van der Waals surface area contributed by atoms with Crippen LogP contribution in [0.15, 0.2) is 23.1 Å². The van der Waals surface area contributed by atoms with Gasteiger partial charge in [0.05, 0.1) is 10.7 Å². The highest BCUT2D eigenvalue weighted by Crippen LogP contribution is 2.26. The Morgan fingerprint density at radius 3 is 2.58 bits per heavy atom. The summed E-state index contributed by atoms with van der Waals surface area (Å²) < 4.78 is 2.00. The Bertz CT molecular complexity index is 276. The lowest BCUT2D eigenvalue weighted by Crippen LogP contribution is -1.98. The van der Waals surface area contributed by atoms with E-state index in [0.717, 1.165) is 4.90 Å². The van der Waals surface area contributed by atoms with Gasteiger partial charge < -0.3 is 5.73 Å². The molecule has 1 aromatic rings. The lowest BCUT2D eigenvalue weighted by Gasteiger charge is -2.08. The maximum Gasteiger partial charge on any atom is 0.0636 e. The third-order valence-corrected chi connectivity index (χ3v) is 2.43. The smallest absolute Gasteiger partial charge is 0.0636 e. The van der Waals surface area contributed by atoms with Crippen LogP contribution in [0.1, 0.15) is 0 Å². The Hall–Kier alpha value is -0.380. The Labute approximate surface area is 81.8 Å². The van der Waals surface area contributed by atoms with Crippen molar-refractivity contribution in [1.82, 2.24) is 4.31 Å². The van der Waals surface area contributed by atoms with Crippen molar-refractivity contribution in [2.45, 2.75) is 4.90 Å². The monoisotopic (exact) mass is 202 g/mol. The van der Waals surface area contributed by atoms with Crippen LogP contribution in [0.2, 0.25) is 5.02 Å². The molecule has 0 heterocycles. The van der Waals surface area contributed by atoms with E-state index in [0.29, 0.717) is 10.7 Å². The van der Waals surface area contributed by atoms with Crippen molar-refractivity contribution in [2.24, 2.45) is 0 Å². The van der Waals surface area contributed by atoms with Crippen molar-refractivity contribution in [3.05, 3.63) is 23.2 Å². The predicted molar refractivity (Wildman–Crippen MR) is 55.4 cm³/mol. The van der Waals surface area contributed by atoms with Gasteiger partial charge >= 0.3 is 0 Å². The number of hydrogen-bond acceptors (Lipinski definition) is 3. The summed E-state index contributed by atoms with van der Waals surface area (Å²) in [4.78, 5) is 1.10. The maximum absolute atomic E-state index is 5.77. The van der Waals surface area contributed by atoms with Crippen LogP contribution in [0.3, 0.4) is 0 Å². The first kappa shape index (κ1) is 9.71. The van der Waals surface area contributed by atoms with E-state index in [2.05, 4.69) is 0 Å². The largest absolute Gasteiger partial charge is 0.397 e. The van der Waals surface area contributed by atoms with Gasteiger partial charge in [-0.1, -0.05) is 11.6 Å². The molecule has 0 radical (unpaired) electrons. The quantitative estimate of drug-likeness (QED) is 0.590. The molecule has 0 aliphatic heterocycles. The van der Waals surface area contributed by atoms with Crippen LogP contribution in [-0.2, 0) is 0 Å². The van der Waals surface area contributed by atoms with Gasteiger partial charge in [-0.25, -0.2) is 0 Å². The van der Waals surface area contributed by atoms with Gasteiger partial charge in [0, 0.05) is 4.90 Å². The summed E-state index contributed by atoms with van der Waals surface area (Å²) in [6.45, 7) is 0. The normalized spacial score (nSPS) is 10.7. The van der Waals surface area contributed by atoms with Crippen molar-refractivity contribution in [3.8, 4) is 0 Å². The summed E-state index contributed by atoms with van der Waals surface area (Å²) in [6.07, 6.45) is 0. The van der Waals surface area contributed by atoms with Gasteiger partial charge in [-0.05, 0) is 44.2 Å². The first-order valence-electron chi connectivity index (χ1n) is 3.50. The highest BCUT2D eigenvalue weighted by atomic mass is 35.5. The van der Waals surface area contributed by atoms with E-state index in [-0.39, 0.29) is 0 Å². The summed E-state index contributed by atoms with van der Waals surface area (Å²) in [5.74, 6) is 0. The second-order valence-corrected chi connectivity index (χ2v) is 4.38. The van der Waals surface area contributed by atoms with Crippen molar-refractivity contribution >= 4 is 29.2 Å². The highest BCUT2D eigenvalue weighted by Gasteiger charge is 1.99. The number of nitrogen functional groups attached to an aromatic ring is 1. The van der Waals surface area contributed by atoms with Crippen LogP contribution < -0.4 is 5.73 Å². The minimum absolute atomic E-state index is 0.609. The van der Waals surface area contributed by atoms with Crippen LogP contribution in [0.25, 0.3) is 0 Å². The van der Waals surface area contributed by atoms with Crippen molar-refractivity contribution in [1.29, 1.82) is 0 Å². The van der Waals surface area contributed by atoms with E-state index in [1.54, 1.807) is 11.9 Å². The number of anilines is 1. The summed E-state index contributed by atoms with van der Waals surface area (Å²) in [5, 5.41) is 0.609. The Kier molecular flexibility index (Phi) is 3.26. The fourth-order valence-electron chi connectivity index (χ4n) is 0.789. The number of nitrogens with zero attached hydrogens (tertiary/aromatic N) is 1. The summed E-state index contributed by atoms with van der Waals surface area (Å²) >= 11 is 7.39. The first-order chi connectivity index (χ1) is 5.59. The lowest BCUT2D eigenvalue weighted by atomic mass is 10.3. The van der Waals surface area contributed by atoms with E-state index >= 15 is 0 Å². The number of benzene rings is 1. The third-order valence-electron chi connectivity index (χ3n) is 1.26. The van der Waals surface area contributed by atoms with Crippen molar-refractivity contribution in [2.75, 3.05) is 19.8 Å². The van der Waals surface area contributed by atoms with Crippen molar-refractivity contribution in [3.63, 3.8) is 0 Å². The molecule has 0 aliphatic rings. The van der Waals surface area contributed by atoms with Crippen LogP contribution in [0.4, 0.5) is 5.69 Å². The van der Waals surface area contributed by atoms with Gasteiger partial charge in [0.25, 0.3) is 0 Å². The van der Waals surface area contributed by atoms with Crippen LogP contribution in [0.5, 0.6) is 0 Å². The zero-order valence-corrected chi connectivity index (χ0v) is 8.62. The van der Waals surface area contributed by atoms with E-state index in [1.807, 2.05) is 36.6 Å². The molecule has 0 aliphatic carbocycles.